The molecule has 0 N–H and O–H groups in total. The highest BCUT2D eigenvalue weighted by Gasteiger charge is 2.35. The molecule has 2 saturated heterocycles. The van der Waals surface area contributed by atoms with Gasteiger partial charge in [0.05, 0.1) is 5.25 Å². The largest absolute Gasteiger partial charge is 0.381 e. The molecule has 2 aliphatic rings. The Morgan fingerprint density at radius 2 is 1.88 bits per heavy atom. The Balaban J connectivity index is 2.05. The van der Waals surface area contributed by atoms with Gasteiger partial charge in [-0.1, -0.05) is 0 Å². The summed E-state index contributed by atoms with van der Waals surface area (Å²) in [4.78, 5) is 10.8. The second kappa shape index (κ2) is 5.46. The van der Waals surface area contributed by atoms with Crippen LogP contribution >= 0.6 is 0 Å². The lowest BCUT2D eigenvalue weighted by atomic mass is 10.0. The Labute approximate surface area is 102 Å². The first kappa shape index (κ1) is 13.0. The summed E-state index contributed by atoms with van der Waals surface area (Å²) in [6, 6.07) is 0. The number of carbonyl (C=O) groups excluding carboxylic acids is 1. The van der Waals surface area contributed by atoms with Gasteiger partial charge in [0, 0.05) is 32.2 Å². The molecule has 2 fully saturated rings. The first-order valence-corrected chi connectivity index (χ1v) is 7.67. The number of hydrogen-bond acceptors (Lipinski definition) is 4. The molecule has 0 spiro atoms. The van der Waals surface area contributed by atoms with E-state index >= 15 is 0 Å². The summed E-state index contributed by atoms with van der Waals surface area (Å²) in [5, 5.41) is -0.318. The Bertz CT molecular complexity index is 362. The number of piperidine rings is 1. The van der Waals surface area contributed by atoms with E-state index in [9.17, 15) is 13.2 Å². The summed E-state index contributed by atoms with van der Waals surface area (Å²) < 4.78 is 31.4. The van der Waals surface area contributed by atoms with E-state index in [0.29, 0.717) is 39.1 Å². The highest BCUT2D eigenvalue weighted by molar-refractivity contribution is 7.89. The smallest absolute Gasteiger partial charge is 0.217 e. The summed E-state index contributed by atoms with van der Waals surface area (Å²) in [6.07, 6.45) is 3.62. The maximum atomic E-state index is 12.4. The number of rotatable bonds is 3. The van der Waals surface area contributed by atoms with Crippen LogP contribution in [0.5, 0.6) is 0 Å². The monoisotopic (exact) mass is 261 g/mol. The van der Waals surface area contributed by atoms with Gasteiger partial charge in [-0.05, 0) is 25.7 Å². The molecule has 6 heteroatoms. The fourth-order valence-electron chi connectivity index (χ4n) is 2.50. The van der Waals surface area contributed by atoms with Crippen LogP contribution in [0.3, 0.4) is 0 Å². The summed E-state index contributed by atoms with van der Waals surface area (Å²) in [6.45, 7) is 1.97. The second-order valence-corrected chi connectivity index (χ2v) is 6.97. The van der Waals surface area contributed by atoms with Gasteiger partial charge in [0.2, 0.25) is 10.0 Å². The Hall–Kier alpha value is -0.460. The third-order valence-corrected chi connectivity index (χ3v) is 5.93. The van der Waals surface area contributed by atoms with Crippen molar-refractivity contribution in [2.45, 2.75) is 30.9 Å². The zero-order valence-electron chi connectivity index (χ0n) is 9.88. The normalized spacial score (nSPS) is 29.1. The molecule has 2 aliphatic heterocycles. The zero-order valence-corrected chi connectivity index (χ0v) is 10.7. The Kier molecular flexibility index (Phi) is 4.17. The van der Waals surface area contributed by atoms with Crippen molar-refractivity contribution in [3.63, 3.8) is 0 Å². The van der Waals surface area contributed by atoms with Gasteiger partial charge in [0.1, 0.15) is 6.29 Å². The molecule has 0 radical (unpaired) electrons. The number of nitrogens with zero attached hydrogens (tertiary/aromatic N) is 1. The average molecular weight is 261 g/mol. The zero-order chi connectivity index (χ0) is 12.3. The van der Waals surface area contributed by atoms with E-state index in [-0.39, 0.29) is 11.2 Å². The van der Waals surface area contributed by atoms with Crippen molar-refractivity contribution in [3.8, 4) is 0 Å². The summed E-state index contributed by atoms with van der Waals surface area (Å²) in [5.41, 5.74) is 0. The molecule has 2 heterocycles. The molecule has 0 aliphatic carbocycles. The molecule has 98 valence electrons. The minimum Gasteiger partial charge on any atom is -0.381 e. The van der Waals surface area contributed by atoms with E-state index in [1.54, 1.807) is 0 Å². The van der Waals surface area contributed by atoms with Crippen LogP contribution in [-0.2, 0) is 19.6 Å². The fraction of sp³-hybridized carbons (Fsp3) is 0.909. The molecule has 5 nitrogen and oxygen atoms in total. The standard InChI is InChI=1S/C11H19NO4S/c13-9-10-2-1-5-12(8-10)17(14,15)11-3-6-16-7-4-11/h9-11H,1-8H2. The predicted molar refractivity (Wildman–Crippen MR) is 63.1 cm³/mol. The van der Waals surface area contributed by atoms with Gasteiger partial charge in [-0.2, -0.15) is 0 Å². The molecule has 2 rings (SSSR count). The highest BCUT2D eigenvalue weighted by Crippen LogP contribution is 2.24. The Morgan fingerprint density at radius 1 is 1.18 bits per heavy atom. The number of sulfonamides is 1. The lowest BCUT2D eigenvalue weighted by Crippen LogP contribution is -2.46. The van der Waals surface area contributed by atoms with Gasteiger partial charge in [-0.15, -0.1) is 0 Å². The average Bonchev–Trinajstić information content (AvgIpc) is 2.40. The Morgan fingerprint density at radius 3 is 2.53 bits per heavy atom. The van der Waals surface area contributed by atoms with Crippen molar-refractivity contribution in [1.29, 1.82) is 0 Å². The second-order valence-electron chi connectivity index (χ2n) is 4.75. The van der Waals surface area contributed by atoms with Gasteiger partial charge in [0.25, 0.3) is 0 Å². The third kappa shape index (κ3) is 2.86. The van der Waals surface area contributed by atoms with Crippen LogP contribution in [0, 0.1) is 5.92 Å². The number of hydrogen-bond donors (Lipinski definition) is 0. The summed E-state index contributed by atoms with van der Waals surface area (Å²) >= 11 is 0. The molecule has 0 bridgehead atoms. The minimum atomic E-state index is -3.23. The molecule has 0 aromatic rings. The van der Waals surface area contributed by atoms with E-state index < -0.39 is 10.0 Å². The summed E-state index contributed by atoms with van der Waals surface area (Å²) in [7, 11) is -3.23. The minimum absolute atomic E-state index is 0.127. The molecule has 0 amide bonds. The highest BCUT2D eigenvalue weighted by atomic mass is 32.2. The molecule has 17 heavy (non-hydrogen) atoms. The van der Waals surface area contributed by atoms with Crippen LogP contribution in [-0.4, -0.2) is 50.6 Å². The van der Waals surface area contributed by atoms with E-state index in [0.717, 1.165) is 19.1 Å². The topological polar surface area (TPSA) is 63.7 Å². The van der Waals surface area contributed by atoms with Crippen LogP contribution in [0.25, 0.3) is 0 Å². The van der Waals surface area contributed by atoms with Gasteiger partial charge in [0.15, 0.2) is 0 Å². The van der Waals surface area contributed by atoms with Crippen LogP contribution < -0.4 is 0 Å². The maximum Gasteiger partial charge on any atom is 0.217 e. The first-order chi connectivity index (χ1) is 8.14. The van der Waals surface area contributed by atoms with Crippen molar-refractivity contribution in [1.82, 2.24) is 4.31 Å². The van der Waals surface area contributed by atoms with Crippen molar-refractivity contribution in [2.75, 3.05) is 26.3 Å². The third-order valence-electron chi connectivity index (χ3n) is 3.56. The molecule has 0 aromatic carbocycles. The lowest BCUT2D eigenvalue weighted by Gasteiger charge is -2.33. The van der Waals surface area contributed by atoms with Gasteiger partial charge >= 0.3 is 0 Å². The van der Waals surface area contributed by atoms with Crippen LogP contribution in [0.1, 0.15) is 25.7 Å². The number of aldehydes is 1. The number of carbonyl (C=O) groups is 1. The SMILES string of the molecule is O=CC1CCCN(S(=O)(=O)C2CCOCC2)C1. The molecular weight excluding hydrogens is 242 g/mol. The maximum absolute atomic E-state index is 12.4. The van der Waals surface area contributed by atoms with Crippen molar-refractivity contribution in [3.05, 3.63) is 0 Å². The summed E-state index contributed by atoms with van der Waals surface area (Å²) in [5.74, 6) is -0.127. The lowest BCUT2D eigenvalue weighted by molar-refractivity contribution is -0.112. The van der Waals surface area contributed by atoms with Crippen molar-refractivity contribution in [2.24, 2.45) is 5.92 Å². The fourth-order valence-corrected chi connectivity index (χ4v) is 4.49. The van der Waals surface area contributed by atoms with Gasteiger partial charge < -0.3 is 9.53 Å². The predicted octanol–water partition coefficient (Wildman–Crippen LogP) is 0.406. The van der Waals surface area contributed by atoms with Crippen molar-refractivity contribution >= 4 is 16.3 Å². The molecule has 1 atom stereocenters. The molecule has 0 saturated carbocycles. The van der Waals surface area contributed by atoms with E-state index in [1.807, 2.05) is 0 Å². The van der Waals surface area contributed by atoms with E-state index in [2.05, 4.69) is 0 Å². The van der Waals surface area contributed by atoms with E-state index in [1.165, 1.54) is 4.31 Å². The van der Waals surface area contributed by atoms with Crippen LogP contribution in [0.4, 0.5) is 0 Å². The van der Waals surface area contributed by atoms with E-state index in [4.69, 9.17) is 4.74 Å². The number of ether oxygens (including phenoxy) is 1. The van der Waals surface area contributed by atoms with Gasteiger partial charge in [-0.25, -0.2) is 12.7 Å². The quantitative estimate of drug-likeness (QED) is 0.690. The van der Waals surface area contributed by atoms with Crippen LogP contribution in [0.15, 0.2) is 0 Å². The molecule has 1 unspecified atom stereocenters. The molecular formula is C11H19NO4S. The van der Waals surface area contributed by atoms with Crippen LogP contribution in [0.2, 0.25) is 0 Å². The van der Waals surface area contributed by atoms with Gasteiger partial charge in [-0.3, -0.25) is 0 Å². The first-order valence-electron chi connectivity index (χ1n) is 6.16. The van der Waals surface area contributed by atoms with Crippen molar-refractivity contribution < 1.29 is 17.9 Å². The molecule has 0 aromatic heterocycles.